The van der Waals surface area contributed by atoms with Crippen molar-refractivity contribution < 1.29 is 40.6 Å². The van der Waals surface area contributed by atoms with Gasteiger partial charge in [0, 0.05) is 7.05 Å². The summed E-state index contributed by atoms with van der Waals surface area (Å²) in [7, 11) is 1.23. The molecule has 2 aromatic carbocycles. The number of alkyl halides is 6. The third-order valence-electron chi connectivity index (χ3n) is 6.13. The minimum Gasteiger partial charge on any atom is -0.391 e. The van der Waals surface area contributed by atoms with Gasteiger partial charge in [-0.05, 0) is 74.0 Å². The number of hydrogen-bond donors (Lipinski definition) is 2. The third kappa shape index (κ3) is 6.62. The van der Waals surface area contributed by atoms with E-state index in [-0.39, 0.29) is 22.2 Å². The molecule has 0 unspecified atom stereocenters. The first-order chi connectivity index (χ1) is 18.4. The van der Waals surface area contributed by atoms with Gasteiger partial charge in [0.25, 0.3) is 0 Å². The Hall–Kier alpha value is -3.08. The molecule has 0 aliphatic carbocycles. The highest BCUT2D eigenvalue weighted by Gasteiger charge is 2.42. The molecule has 0 atom stereocenters. The molecule has 40 heavy (non-hydrogen) atoms. The van der Waals surface area contributed by atoms with Gasteiger partial charge in [-0.15, -0.1) is 11.3 Å². The Bertz CT molecular complexity index is 1410. The Labute approximate surface area is 236 Å². The van der Waals surface area contributed by atoms with Crippen molar-refractivity contribution in [3.63, 3.8) is 0 Å². The van der Waals surface area contributed by atoms with Gasteiger partial charge >= 0.3 is 12.4 Å². The number of hydrogen-bond acceptors (Lipinski definition) is 5. The van der Waals surface area contributed by atoms with Crippen molar-refractivity contribution in [2.45, 2.75) is 45.1 Å². The molecule has 0 spiro atoms. The standard InChI is InChI=1S/C26H21F7N2O2S.CH4S/c1-13-7-17(27)5-6-18(13)22-21(19(11-34)20(12-36)38-22)35(4)23(37)24(2,3)14-8-15(25(28,29)30)10-16(9-14)26(31,32)33;1-2/h5-10,36H,12H2,1-4H3;2H,1H3. The molecule has 0 radical (unpaired) electrons. The van der Waals surface area contributed by atoms with E-state index in [1.807, 2.05) is 6.07 Å². The van der Waals surface area contributed by atoms with Crippen LogP contribution < -0.4 is 4.90 Å². The quantitative estimate of drug-likeness (QED) is 0.231. The van der Waals surface area contributed by atoms with Crippen LogP contribution in [0.5, 0.6) is 0 Å². The van der Waals surface area contributed by atoms with Gasteiger partial charge in [-0.3, -0.25) is 4.79 Å². The fraction of sp³-hybridized carbons (Fsp3) is 0.333. The molecule has 216 valence electrons. The van der Waals surface area contributed by atoms with Crippen molar-refractivity contribution in [2.24, 2.45) is 0 Å². The molecule has 0 saturated carbocycles. The van der Waals surface area contributed by atoms with Crippen LogP contribution in [0.15, 0.2) is 36.4 Å². The van der Waals surface area contributed by atoms with Gasteiger partial charge in [-0.25, -0.2) is 4.39 Å². The summed E-state index contributed by atoms with van der Waals surface area (Å²) >= 11 is 4.49. The third-order valence-corrected chi connectivity index (χ3v) is 7.33. The van der Waals surface area contributed by atoms with Crippen molar-refractivity contribution in [3.05, 3.63) is 74.9 Å². The number of thiol groups is 1. The number of carbonyl (C=O) groups excluding carboxylic acids is 1. The zero-order valence-corrected chi connectivity index (χ0v) is 23.6. The van der Waals surface area contributed by atoms with Crippen LogP contribution in [0.4, 0.5) is 36.4 Å². The summed E-state index contributed by atoms with van der Waals surface area (Å²) in [5.41, 5.74) is -4.81. The number of halogens is 7. The molecule has 0 saturated heterocycles. The number of benzene rings is 2. The molecule has 1 N–H and O–H groups in total. The Morgan fingerprint density at radius 2 is 1.50 bits per heavy atom. The highest BCUT2D eigenvalue weighted by molar-refractivity contribution is 7.79. The Balaban J connectivity index is 0.00000274. The zero-order valence-electron chi connectivity index (χ0n) is 21.9. The average molecular weight is 607 g/mol. The first-order valence-electron chi connectivity index (χ1n) is 11.4. The van der Waals surface area contributed by atoms with Crippen LogP contribution in [0.3, 0.4) is 0 Å². The predicted molar refractivity (Wildman–Crippen MR) is 143 cm³/mol. The van der Waals surface area contributed by atoms with Gasteiger partial charge in [-0.1, -0.05) is 6.07 Å². The maximum atomic E-state index is 13.7. The van der Waals surface area contributed by atoms with E-state index in [4.69, 9.17) is 0 Å². The van der Waals surface area contributed by atoms with E-state index in [1.165, 1.54) is 33.0 Å². The Kier molecular flexibility index (Phi) is 10.1. The molecule has 3 aromatic rings. The van der Waals surface area contributed by atoms with E-state index < -0.39 is 52.8 Å². The maximum absolute atomic E-state index is 13.7. The van der Waals surface area contributed by atoms with Gasteiger partial charge in [0.05, 0.1) is 44.2 Å². The van der Waals surface area contributed by atoms with Crippen molar-refractivity contribution in [2.75, 3.05) is 18.2 Å². The second-order valence-electron chi connectivity index (χ2n) is 9.09. The minimum absolute atomic E-state index is 0.00245. The molecule has 0 aliphatic heterocycles. The zero-order chi connectivity index (χ0) is 30.8. The molecular weight excluding hydrogens is 581 g/mol. The van der Waals surface area contributed by atoms with Gasteiger partial charge in [0.2, 0.25) is 5.91 Å². The highest BCUT2D eigenvalue weighted by atomic mass is 32.1. The van der Waals surface area contributed by atoms with E-state index in [9.17, 15) is 45.9 Å². The number of carbonyl (C=O) groups is 1. The van der Waals surface area contributed by atoms with E-state index in [1.54, 1.807) is 13.2 Å². The number of aryl methyl sites for hydroxylation is 1. The summed E-state index contributed by atoms with van der Waals surface area (Å²) in [6.07, 6.45) is -8.52. The molecule has 1 amide bonds. The van der Waals surface area contributed by atoms with Crippen molar-refractivity contribution >= 4 is 35.6 Å². The lowest BCUT2D eigenvalue weighted by Gasteiger charge is -2.31. The fourth-order valence-electron chi connectivity index (χ4n) is 4.04. The number of rotatable bonds is 5. The molecule has 13 heteroatoms. The van der Waals surface area contributed by atoms with E-state index in [0.29, 0.717) is 28.1 Å². The van der Waals surface area contributed by atoms with Crippen LogP contribution in [-0.4, -0.2) is 24.3 Å². The Morgan fingerprint density at radius 3 is 1.93 bits per heavy atom. The normalized spacial score (nSPS) is 11.9. The minimum atomic E-state index is -5.11. The number of nitriles is 1. The summed E-state index contributed by atoms with van der Waals surface area (Å²) in [5.74, 6) is -1.45. The number of anilines is 1. The number of amides is 1. The summed E-state index contributed by atoms with van der Waals surface area (Å²) in [6.45, 7) is 3.36. The van der Waals surface area contributed by atoms with Crippen LogP contribution in [0.25, 0.3) is 10.4 Å². The van der Waals surface area contributed by atoms with Crippen molar-refractivity contribution in [1.82, 2.24) is 0 Å². The van der Waals surface area contributed by atoms with E-state index >= 15 is 0 Å². The number of aliphatic hydroxyl groups is 1. The number of aliphatic hydroxyl groups excluding tert-OH is 1. The monoisotopic (exact) mass is 606 g/mol. The second-order valence-corrected chi connectivity index (χ2v) is 10.2. The molecule has 4 nitrogen and oxygen atoms in total. The lowest BCUT2D eigenvalue weighted by molar-refractivity contribution is -0.143. The molecular formula is C27H25F7N2O2S2. The lowest BCUT2D eigenvalue weighted by atomic mass is 9.81. The number of nitrogens with zero attached hydrogens (tertiary/aromatic N) is 2. The molecule has 0 fully saturated rings. The summed E-state index contributed by atoms with van der Waals surface area (Å²) in [5, 5.41) is 19.6. The highest BCUT2D eigenvalue weighted by Crippen LogP contribution is 2.46. The largest absolute Gasteiger partial charge is 0.416 e. The lowest BCUT2D eigenvalue weighted by Crippen LogP contribution is -2.42. The SMILES string of the molecule is CS.Cc1cc(F)ccc1-c1sc(CO)c(C#N)c1N(C)C(=O)C(C)(C)c1cc(C(F)(F)F)cc(C(F)(F)F)c1. The van der Waals surface area contributed by atoms with Crippen LogP contribution in [0.1, 0.15) is 46.5 Å². The first kappa shape index (κ1) is 33.1. The number of thiophene rings is 1. The van der Waals surface area contributed by atoms with Crippen LogP contribution >= 0.6 is 24.0 Å². The fourth-order valence-corrected chi connectivity index (χ4v) is 5.27. The molecule has 1 heterocycles. The smallest absolute Gasteiger partial charge is 0.391 e. The first-order valence-corrected chi connectivity index (χ1v) is 13.1. The van der Waals surface area contributed by atoms with Crippen molar-refractivity contribution in [1.29, 1.82) is 5.26 Å². The second kappa shape index (κ2) is 12.2. The molecule has 3 rings (SSSR count). The number of likely N-dealkylation sites (N-methyl/N-ethyl adjacent to an activating group) is 1. The van der Waals surface area contributed by atoms with E-state index in [0.717, 1.165) is 22.3 Å². The molecule has 0 aliphatic rings. The van der Waals surface area contributed by atoms with Gasteiger partial charge < -0.3 is 10.0 Å². The van der Waals surface area contributed by atoms with Gasteiger partial charge in [0.15, 0.2) is 0 Å². The molecule has 0 bridgehead atoms. The van der Waals surface area contributed by atoms with E-state index in [2.05, 4.69) is 12.6 Å². The average Bonchev–Trinajstić information content (AvgIpc) is 3.26. The van der Waals surface area contributed by atoms with Crippen molar-refractivity contribution in [3.8, 4) is 16.5 Å². The summed E-state index contributed by atoms with van der Waals surface area (Å²) in [4.78, 5) is 15.2. The summed E-state index contributed by atoms with van der Waals surface area (Å²) < 4.78 is 94.4. The maximum Gasteiger partial charge on any atom is 0.416 e. The summed E-state index contributed by atoms with van der Waals surface area (Å²) in [6, 6.07) is 6.65. The van der Waals surface area contributed by atoms with Crippen LogP contribution in [0.2, 0.25) is 0 Å². The predicted octanol–water partition coefficient (Wildman–Crippen LogP) is 7.75. The Morgan fingerprint density at radius 1 is 1.00 bits per heavy atom. The van der Waals surface area contributed by atoms with Crippen LogP contribution in [-0.2, 0) is 29.2 Å². The topological polar surface area (TPSA) is 64.3 Å². The van der Waals surface area contributed by atoms with Gasteiger partial charge in [0.1, 0.15) is 11.9 Å². The van der Waals surface area contributed by atoms with Gasteiger partial charge in [-0.2, -0.15) is 44.2 Å². The molecule has 1 aromatic heterocycles. The van der Waals surface area contributed by atoms with Crippen LogP contribution in [0, 0.1) is 24.1 Å².